The third-order valence-corrected chi connectivity index (χ3v) is 1.95. The Labute approximate surface area is 82.4 Å². The summed E-state index contributed by atoms with van der Waals surface area (Å²) in [6, 6.07) is -0.158. The Kier molecular flexibility index (Phi) is 4.18. The molecule has 1 saturated heterocycles. The normalized spacial score (nSPS) is 16.4. The Morgan fingerprint density at radius 2 is 2.00 bits per heavy atom. The zero-order valence-corrected chi connectivity index (χ0v) is 7.99. The number of nitrogens with one attached hydrogen (secondary N) is 1. The lowest BCUT2D eigenvalue weighted by atomic mass is 10.4. The minimum Gasteiger partial charge on any atom is -0.378 e. The van der Waals surface area contributed by atoms with Gasteiger partial charge in [0.2, 0.25) is 5.91 Å². The third-order valence-electron chi connectivity index (χ3n) is 1.95. The topological polar surface area (TPSA) is 84.7 Å². The van der Waals surface area contributed by atoms with Crippen LogP contribution in [-0.4, -0.2) is 49.7 Å². The molecule has 0 spiro atoms. The molecule has 0 radical (unpaired) electrons. The number of carbonyl (C=O) groups is 2. The van der Waals surface area contributed by atoms with E-state index in [2.05, 4.69) is 5.32 Å². The first kappa shape index (κ1) is 10.8. The van der Waals surface area contributed by atoms with Gasteiger partial charge in [-0.2, -0.15) is 0 Å². The molecule has 1 fully saturated rings. The van der Waals surface area contributed by atoms with Gasteiger partial charge in [-0.05, 0) is 0 Å². The second kappa shape index (κ2) is 5.43. The van der Waals surface area contributed by atoms with Crippen molar-refractivity contribution in [3.8, 4) is 0 Å². The third kappa shape index (κ3) is 3.61. The zero-order valence-electron chi connectivity index (χ0n) is 7.99. The minimum absolute atomic E-state index is 0.158. The summed E-state index contributed by atoms with van der Waals surface area (Å²) in [5, 5.41) is 2.61. The highest BCUT2D eigenvalue weighted by Gasteiger charge is 2.15. The number of urea groups is 1. The summed E-state index contributed by atoms with van der Waals surface area (Å²) in [5.41, 5.74) is 4.93. The molecule has 14 heavy (non-hydrogen) atoms. The van der Waals surface area contributed by atoms with Gasteiger partial charge in [-0.3, -0.25) is 4.79 Å². The van der Waals surface area contributed by atoms with Gasteiger partial charge in [0.1, 0.15) is 0 Å². The van der Waals surface area contributed by atoms with Crippen LogP contribution in [0.1, 0.15) is 6.42 Å². The predicted octanol–water partition coefficient (Wildman–Crippen LogP) is -1.10. The maximum atomic E-state index is 11.4. The van der Waals surface area contributed by atoms with Crippen molar-refractivity contribution in [2.75, 3.05) is 32.8 Å². The highest BCUT2D eigenvalue weighted by Crippen LogP contribution is 1.96. The Morgan fingerprint density at radius 1 is 1.36 bits per heavy atom. The molecule has 1 heterocycles. The van der Waals surface area contributed by atoms with Gasteiger partial charge in [0, 0.05) is 26.1 Å². The van der Waals surface area contributed by atoms with E-state index in [4.69, 9.17) is 10.5 Å². The van der Waals surface area contributed by atoms with Crippen molar-refractivity contribution in [1.82, 2.24) is 10.2 Å². The highest BCUT2D eigenvalue weighted by molar-refractivity contribution is 5.77. The van der Waals surface area contributed by atoms with E-state index < -0.39 is 5.91 Å². The Morgan fingerprint density at radius 3 is 2.57 bits per heavy atom. The highest BCUT2D eigenvalue weighted by atomic mass is 16.5. The first-order valence-corrected chi connectivity index (χ1v) is 4.59. The van der Waals surface area contributed by atoms with E-state index in [9.17, 15) is 9.59 Å². The second-order valence-corrected chi connectivity index (χ2v) is 3.05. The van der Waals surface area contributed by atoms with Gasteiger partial charge in [0.15, 0.2) is 0 Å². The number of morpholine rings is 1. The molecule has 1 aliphatic heterocycles. The fourth-order valence-electron chi connectivity index (χ4n) is 1.17. The van der Waals surface area contributed by atoms with Crippen LogP contribution in [0, 0.1) is 0 Å². The smallest absolute Gasteiger partial charge is 0.317 e. The predicted molar refractivity (Wildman–Crippen MR) is 49.6 cm³/mol. The van der Waals surface area contributed by atoms with Crippen LogP contribution >= 0.6 is 0 Å². The molecule has 1 rings (SSSR count). The van der Waals surface area contributed by atoms with Crippen molar-refractivity contribution < 1.29 is 14.3 Å². The summed E-state index contributed by atoms with van der Waals surface area (Å²) in [7, 11) is 0. The van der Waals surface area contributed by atoms with Crippen LogP contribution < -0.4 is 11.1 Å². The molecule has 3 N–H and O–H groups in total. The molecule has 0 aromatic rings. The lowest BCUT2D eigenvalue weighted by Gasteiger charge is -2.26. The summed E-state index contributed by atoms with van der Waals surface area (Å²) in [5.74, 6) is -0.410. The van der Waals surface area contributed by atoms with Crippen LogP contribution in [0.2, 0.25) is 0 Å². The van der Waals surface area contributed by atoms with Crippen molar-refractivity contribution in [3.05, 3.63) is 0 Å². The van der Waals surface area contributed by atoms with Gasteiger partial charge in [-0.25, -0.2) is 4.79 Å². The van der Waals surface area contributed by atoms with E-state index in [1.165, 1.54) is 0 Å². The number of nitrogens with zero attached hydrogens (tertiary/aromatic N) is 1. The molecule has 0 saturated carbocycles. The molecule has 0 aromatic carbocycles. The summed E-state index contributed by atoms with van der Waals surface area (Å²) >= 11 is 0. The summed E-state index contributed by atoms with van der Waals surface area (Å²) < 4.78 is 5.10. The average Bonchev–Trinajstić information content (AvgIpc) is 2.18. The van der Waals surface area contributed by atoms with Crippen molar-refractivity contribution in [1.29, 1.82) is 0 Å². The minimum atomic E-state index is -0.410. The molecule has 3 amide bonds. The first-order chi connectivity index (χ1) is 6.70. The molecule has 1 aliphatic rings. The number of carbonyl (C=O) groups excluding carboxylic acids is 2. The van der Waals surface area contributed by atoms with Crippen molar-refractivity contribution >= 4 is 11.9 Å². The summed E-state index contributed by atoms with van der Waals surface area (Å²) in [6.45, 7) is 2.64. The Hall–Kier alpha value is -1.30. The van der Waals surface area contributed by atoms with Gasteiger partial charge in [-0.1, -0.05) is 0 Å². The molecular formula is C8H15N3O3. The number of hydrogen-bond donors (Lipinski definition) is 2. The van der Waals surface area contributed by atoms with Gasteiger partial charge in [0.25, 0.3) is 0 Å². The van der Waals surface area contributed by atoms with Crippen molar-refractivity contribution in [2.24, 2.45) is 5.73 Å². The van der Waals surface area contributed by atoms with E-state index in [1.54, 1.807) is 4.90 Å². The lowest BCUT2D eigenvalue weighted by Crippen LogP contribution is -2.46. The van der Waals surface area contributed by atoms with Gasteiger partial charge < -0.3 is 20.7 Å². The Balaban J connectivity index is 2.16. The van der Waals surface area contributed by atoms with E-state index in [1.807, 2.05) is 0 Å². The van der Waals surface area contributed by atoms with Crippen molar-refractivity contribution in [2.45, 2.75) is 6.42 Å². The van der Waals surface area contributed by atoms with E-state index in [0.717, 1.165) is 0 Å². The van der Waals surface area contributed by atoms with E-state index in [-0.39, 0.29) is 12.5 Å². The molecule has 0 atom stereocenters. The quantitative estimate of drug-likeness (QED) is 0.608. The molecule has 6 heteroatoms. The molecule has 0 aromatic heterocycles. The van der Waals surface area contributed by atoms with Gasteiger partial charge >= 0.3 is 6.03 Å². The number of nitrogens with two attached hydrogens (primary N) is 1. The van der Waals surface area contributed by atoms with Crippen LogP contribution in [0.4, 0.5) is 4.79 Å². The van der Waals surface area contributed by atoms with Gasteiger partial charge in [-0.15, -0.1) is 0 Å². The van der Waals surface area contributed by atoms with Gasteiger partial charge in [0.05, 0.1) is 13.2 Å². The SMILES string of the molecule is NC(=O)CCNC(=O)N1CCOCC1. The zero-order chi connectivity index (χ0) is 10.4. The summed E-state index contributed by atoms with van der Waals surface area (Å²) in [6.07, 6.45) is 0.177. The molecule has 0 bridgehead atoms. The van der Waals surface area contributed by atoms with Crippen LogP contribution in [0.5, 0.6) is 0 Å². The Bertz CT molecular complexity index is 214. The number of hydrogen-bond acceptors (Lipinski definition) is 3. The fraction of sp³-hybridized carbons (Fsp3) is 0.750. The molecule has 80 valence electrons. The standard InChI is InChI=1S/C8H15N3O3/c9-7(12)1-2-10-8(13)11-3-5-14-6-4-11/h1-6H2,(H2,9,12)(H,10,13). The molecule has 6 nitrogen and oxygen atoms in total. The fourth-order valence-corrected chi connectivity index (χ4v) is 1.17. The molecule has 0 unspecified atom stereocenters. The van der Waals surface area contributed by atoms with Crippen LogP contribution in [0.3, 0.4) is 0 Å². The number of rotatable bonds is 3. The second-order valence-electron chi connectivity index (χ2n) is 3.05. The van der Waals surface area contributed by atoms with Crippen molar-refractivity contribution in [3.63, 3.8) is 0 Å². The van der Waals surface area contributed by atoms with E-state index >= 15 is 0 Å². The maximum Gasteiger partial charge on any atom is 0.317 e. The first-order valence-electron chi connectivity index (χ1n) is 4.59. The number of primary amides is 1. The lowest BCUT2D eigenvalue weighted by molar-refractivity contribution is -0.117. The largest absolute Gasteiger partial charge is 0.378 e. The monoisotopic (exact) mass is 201 g/mol. The van der Waals surface area contributed by atoms with Crippen LogP contribution in [0.25, 0.3) is 0 Å². The van der Waals surface area contributed by atoms with E-state index in [0.29, 0.717) is 32.8 Å². The van der Waals surface area contributed by atoms with Crippen LogP contribution in [0.15, 0.2) is 0 Å². The average molecular weight is 201 g/mol. The molecular weight excluding hydrogens is 186 g/mol. The summed E-state index contributed by atoms with van der Waals surface area (Å²) in [4.78, 5) is 23.4. The maximum absolute atomic E-state index is 11.4. The number of ether oxygens (including phenoxy) is 1. The van der Waals surface area contributed by atoms with Crippen LogP contribution in [-0.2, 0) is 9.53 Å². The molecule has 0 aliphatic carbocycles. The number of amides is 3.